The summed E-state index contributed by atoms with van der Waals surface area (Å²) in [5.74, 6) is 0.573. The molecule has 1 aromatic carbocycles. The van der Waals surface area contributed by atoms with Crippen LogP contribution in [0.1, 0.15) is 19.8 Å². The Morgan fingerprint density at radius 3 is 2.95 bits per heavy atom. The van der Waals surface area contributed by atoms with E-state index in [1.54, 1.807) is 0 Å². The Bertz CT molecular complexity index is 588. The number of nitrogen functional groups attached to an aromatic ring is 1. The number of imidazole rings is 1. The highest BCUT2D eigenvalue weighted by Crippen LogP contribution is 2.27. The van der Waals surface area contributed by atoms with Crippen LogP contribution < -0.4 is 5.73 Å². The van der Waals surface area contributed by atoms with Gasteiger partial charge in [0.1, 0.15) is 0 Å². The van der Waals surface area contributed by atoms with Crippen molar-refractivity contribution < 1.29 is 0 Å². The number of benzene rings is 1. The van der Waals surface area contributed by atoms with E-state index < -0.39 is 0 Å². The van der Waals surface area contributed by atoms with Gasteiger partial charge >= 0.3 is 0 Å². The molecule has 0 amide bonds. The number of anilines is 1. The van der Waals surface area contributed by atoms with Crippen LogP contribution in [-0.2, 0) is 6.54 Å². The number of fused-ring (bicyclic) bond motifs is 1. The van der Waals surface area contributed by atoms with Crippen molar-refractivity contribution in [2.24, 2.45) is 0 Å². The number of halogens is 1. The molecule has 1 saturated carbocycles. The number of hydrogen-bond acceptors (Lipinski definition) is 3. The maximum absolute atomic E-state index is 6.06. The van der Waals surface area contributed by atoms with Crippen molar-refractivity contribution in [2.45, 2.75) is 32.4 Å². The van der Waals surface area contributed by atoms with Gasteiger partial charge in [-0.05, 0) is 37.6 Å². The third-order valence-electron chi connectivity index (χ3n) is 3.82. The minimum atomic E-state index is 0.573. The molecule has 5 heteroatoms. The lowest BCUT2D eigenvalue weighted by molar-refractivity contribution is 0.268. The predicted molar refractivity (Wildman–Crippen MR) is 79.4 cm³/mol. The number of likely N-dealkylation sites (N-methyl/N-ethyl adjacent to an activating group) is 1. The van der Waals surface area contributed by atoms with Gasteiger partial charge in [-0.25, -0.2) is 4.98 Å². The Morgan fingerprint density at radius 1 is 1.47 bits per heavy atom. The fraction of sp³-hybridized carbons (Fsp3) is 0.500. The molecule has 0 radical (unpaired) electrons. The minimum Gasteiger partial charge on any atom is -0.369 e. The summed E-state index contributed by atoms with van der Waals surface area (Å²) in [6, 6.07) is 6.49. The van der Waals surface area contributed by atoms with Gasteiger partial charge in [0.15, 0.2) is 0 Å². The van der Waals surface area contributed by atoms with E-state index in [-0.39, 0.29) is 0 Å². The molecule has 19 heavy (non-hydrogen) atoms. The van der Waals surface area contributed by atoms with Crippen LogP contribution in [0.5, 0.6) is 0 Å². The first-order valence-electron chi connectivity index (χ1n) is 6.84. The summed E-state index contributed by atoms with van der Waals surface area (Å²) < 4.78 is 2.06. The summed E-state index contributed by atoms with van der Waals surface area (Å²) in [5, 5.41) is 0.725. The standard InChI is InChI=1S/C14H19ClN4/c1-2-18(11-4-5-11)7-8-19-13-9-10(15)3-6-12(13)17-14(19)16/h3,6,9,11H,2,4-5,7-8H2,1H3,(H2,16,17). The fourth-order valence-electron chi connectivity index (χ4n) is 2.62. The summed E-state index contributed by atoms with van der Waals surface area (Å²) in [6.45, 7) is 5.19. The van der Waals surface area contributed by atoms with Gasteiger partial charge in [-0.3, -0.25) is 4.90 Å². The average Bonchev–Trinajstić information content (AvgIpc) is 3.17. The molecule has 0 spiro atoms. The highest BCUT2D eigenvalue weighted by atomic mass is 35.5. The summed E-state index contributed by atoms with van der Waals surface area (Å²) >= 11 is 6.06. The zero-order valence-corrected chi connectivity index (χ0v) is 11.9. The van der Waals surface area contributed by atoms with Crippen LogP contribution in [0, 0.1) is 0 Å². The first-order valence-corrected chi connectivity index (χ1v) is 7.22. The van der Waals surface area contributed by atoms with Crippen LogP contribution in [0.15, 0.2) is 18.2 Å². The Morgan fingerprint density at radius 2 is 2.26 bits per heavy atom. The van der Waals surface area contributed by atoms with E-state index in [1.165, 1.54) is 12.8 Å². The zero-order chi connectivity index (χ0) is 13.4. The second-order valence-electron chi connectivity index (χ2n) is 5.11. The summed E-state index contributed by atoms with van der Waals surface area (Å²) in [6.07, 6.45) is 2.67. The molecule has 0 aliphatic heterocycles. The van der Waals surface area contributed by atoms with Crippen LogP contribution in [0.4, 0.5) is 5.95 Å². The number of rotatable bonds is 5. The van der Waals surface area contributed by atoms with Crippen molar-refractivity contribution in [3.05, 3.63) is 23.2 Å². The Labute approximate surface area is 118 Å². The predicted octanol–water partition coefficient (Wildman–Crippen LogP) is 2.76. The summed E-state index contributed by atoms with van der Waals surface area (Å²) in [7, 11) is 0. The Kier molecular flexibility index (Phi) is 3.37. The first-order chi connectivity index (χ1) is 9.19. The largest absolute Gasteiger partial charge is 0.369 e. The SMILES string of the molecule is CCN(CCn1c(N)nc2ccc(Cl)cc21)C1CC1. The lowest BCUT2D eigenvalue weighted by Crippen LogP contribution is -2.29. The molecule has 102 valence electrons. The quantitative estimate of drug-likeness (QED) is 0.915. The van der Waals surface area contributed by atoms with E-state index in [1.807, 2.05) is 18.2 Å². The van der Waals surface area contributed by atoms with E-state index in [4.69, 9.17) is 17.3 Å². The molecular weight excluding hydrogens is 260 g/mol. The molecule has 0 atom stereocenters. The number of hydrogen-bond donors (Lipinski definition) is 1. The second-order valence-corrected chi connectivity index (χ2v) is 5.55. The third-order valence-corrected chi connectivity index (χ3v) is 4.06. The topological polar surface area (TPSA) is 47.1 Å². The number of nitrogens with zero attached hydrogens (tertiary/aromatic N) is 3. The minimum absolute atomic E-state index is 0.573. The fourth-order valence-corrected chi connectivity index (χ4v) is 2.78. The second kappa shape index (κ2) is 5.02. The molecule has 1 fully saturated rings. The van der Waals surface area contributed by atoms with Crippen LogP contribution in [0.3, 0.4) is 0 Å². The number of aromatic nitrogens is 2. The normalized spacial score (nSPS) is 15.5. The van der Waals surface area contributed by atoms with Crippen molar-refractivity contribution in [1.29, 1.82) is 0 Å². The monoisotopic (exact) mass is 278 g/mol. The molecule has 1 aliphatic rings. The molecule has 2 N–H and O–H groups in total. The van der Waals surface area contributed by atoms with Gasteiger partial charge < -0.3 is 10.3 Å². The molecule has 0 saturated heterocycles. The lowest BCUT2D eigenvalue weighted by Gasteiger charge is -2.20. The zero-order valence-electron chi connectivity index (χ0n) is 11.1. The van der Waals surface area contributed by atoms with Crippen LogP contribution in [0.2, 0.25) is 5.02 Å². The van der Waals surface area contributed by atoms with Crippen molar-refractivity contribution in [1.82, 2.24) is 14.5 Å². The van der Waals surface area contributed by atoms with Crippen molar-refractivity contribution in [3.8, 4) is 0 Å². The Hall–Kier alpha value is -1.26. The van der Waals surface area contributed by atoms with Gasteiger partial charge in [0.05, 0.1) is 11.0 Å². The van der Waals surface area contributed by atoms with Gasteiger partial charge in [-0.1, -0.05) is 18.5 Å². The van der Waals surface area contributed by atoms with Crippen molar-refractivity contribution in [2.75, 3.05) is 18.8 Å². The van der Waals surface area contributed by atoms with E-state index in [2.05, 4.69) is 21.4 Å². The van der Waals surface area contributed by atoms with E-state index in [0.717, 1.165) is 41.7 Å². The Balaban J connectivity index is 1.83. The van der Waals surface area contributed by atoms with E-state index in [0.29, 0.717) is 5.95 Å². The smallest absolute Gasteiger partial charge is 0.201 e. The molecule has 0 unspecified atom stereocenters. The average molecular weight is 279 g/mol. The van der Waals surface area contributed by atoms with Crippen molar-refractivity contribution >= 4 is 28.6 Å². The molecule has 3 rings (SSSR count). The molecule has 2 aromatic rings. The van der Waals surface area contributed by atoms with Gasteiger partial charge in [0, 0.05) is 24.2 Å². The molecule has 1 aliphatic carbocycles. The van der Waals surface area contributed by atoms with Crippen LogP contribution >= 0.6 is 11.6 Å². The maximum atomic E-state index is 6.06. The molecule has 4 nitrogen and oxygen atoms in total. The highest BCUT2D eigenvalue weighted by Gasteiger charge is 2.27. The number of nitrogens with two attached hydrogens (primary N) is 1. The molecular formula is C14H19ClN4. The first kappa shape index (κ1) is 12.8. The van der Waals surface area contributed by atoms with Gasteiger partial charge in [-0.2, -0.15) is 0 Å². The molecule has 1 heterocycles. The lowest BCUT2D eigenvalue weighted by atomic mass is 10.3. The summed E-state index contributed by atoms with van der Waals surface area (Å²) in [4.78, 5) is 6.89. The van der Waals surface area contributed by atoms with Crippen molar-refractivity contribution in [3.63, 3.8) is 0 Å². The van der Waals surface area contributed by atoms with Gasteiger partial charge in [-0.15, -0.1) is 0 Å². The third kappa shape index (κ3) is 2.55. The van der Waals surface area contributed by atoms with E-state index in [9.17, 15) is 0 Å². The molecule has 0 bridgehead atoms. The van der Waals surface area contributed by atoms with E-state index >= 15 is 0 Å². The molecule has 1 aromatic heterocycles. The summed E-state index contributed by atoms with van der Waals surface area (Å²) in [5.41, 5.74) is 7.95. The highest BCUT2D eigenvalue weighted by molar-refractivity contribution is 6.31. The van der Waals surface area contributed by atoms with Gasteiger partial charge in [0.2, 0.25) is 5.95 Å². The van der Waals surface area contributed by atoms with Crippen LogP contribution in [0.25, 0.3) is 11.0 Å². The van der Waals surface area contributed by atoms with Crippen LogP contribution in [-0.4, -0.2) is 33.6 Å². The van der Waals surface area contributed by atoms with Gasteiger partial charge in [0.25, 0.3) is 0 Å². The maximum Gasteiger partial charge on any atom is 0.201 e.